The highest BCUT2D eigenvalue weighted by Gasteiger charge is 2.33. The smallest absolute Gasteiger partial charge is 0.267 e. The molecule has 1 unspecified atom stereocenters. The van der Waals surface area contributed by atoms with Crippen LogP contribution in [-0.4, -0.2) is 60.5 Å². The largest absolute Gasteiger partial charge is 0.485 e. The number of ether oxygens (including phenoxy) is 2. The van der Waals surface area contributed by atoms with Crippen molar-refractivity contribution in [3.05, 3.63) is 59.2 Å². The zero-order valence-corrected chi connectivity index (χ0v) is 16.3. The van der Waals surface area contributed by atoms with Gasteiger partial charge in [-0.05, 0) is 54.7 Å². The van der Waals surface area contributed by atoms with Crippen LogP contribution in [0.4, 0.5) is 0 Å². The molecule has 6 nitrogen and oxygen atoms in total. The molecule has 1 atom stereocenters. The molecule has 1 saturated heterocycles. The Kier molecular flexibility index (Phi) is 4.62. The van der Waals surface area contributed by atoms with Crippen LogP contribution < -0.4 is 9.47 Å². The first-order valence-corrected chi connectivity index (χ1v) is 10.3. The number of rotatable bonds is 2. The molecule has 2 aromatic carbocycles. The van der Waals surface area contributed by atoms with E-state index < -0.39 is 6.10 Å². The Bertz CT molecular complexity index is 950. The Morgan fingerprint density at radius 1 is 0.862 bits per heavy atom. The number of amides is 2. The third kappa shape index (κ3) is 3.43. The normalized spacial score (nSPS) is 20.3. The maximum absolute atomic E-state index is 12.9. The first-order valence-electron chi connectivity index (χ1n) is 10.3. The van der Waals surface area contributed by atoms with E-state index in [4.69, 9.17) is 9.47 Å². The second kappa shape index (κ2) is 7.43. The topological polar surface area (TPSA) is 59.1 Å². The highest BCUT2D eigenvalue weighted by molar-refractivity contribution is 5.94. The Balaban J connectivity index is 1.19. The van der Waals surface area contributed by atoms with Gasteiger partial charge in [-0.1, -0.05) is 18.2 Å². The average Bonchev–Trinajstić information content (AvgIpc) is 3.26. The Hall–Kier alpha value is -3.02. The molecule has 150 valence electrons. The van der Waals surface area contributed by atoms with Crippen molar-refractivity contribution in [2.24, 2.45) is 0 Å². The minimum absolute atomic E-state index is 0.0537. The van der Waals surface area contributed by atoms with Gasteiger partial charge in [0.25, 0.3) is 11.8 Å². The van der Waals surface area contributed by atoms with Crippen molar-refractivity contribution in [2.45, 2.75) is 25.4 Å². The number of carbonyl (C=O) groups is 2. The van der Waals surface area contributed by atoms with E-state index in [2.05, 4.69) is 6.07 Å². The standard InChI is InChI=1S/C23H24N2O4/c26-22(18-9-8-16-4-3-5-17(16)14-18)24-10-12-25(13-11-24)23(27)21-15-28-19-6-1-2-7-20(19)29-21/h1-2,6-9,14,21H,3-5,10-13,15H2. The summed E-state index contributed by atoms with van der Waals surface area (Å²) >= 11 is 0. The number of carbonyl (C=O) groups excluding carboxylic acids is 2. The van der Waals surface area contributed by atoms with Gasteiger partial charge in [0.05, 0.1) is 0 Å². The van der Waals surface area contributed by atoms with Crippen LogP contribution in [0.1, 0.15) is 27.9 Å². The lowest BCUT2D eigenvalue weighted by molar-refractivity contribution is -0.142. The van der Waals surface area contributed by atoms with E-state index in [0.717, 1.165) is 18.4 Å². The van der Waals surface area contributed by atoms with Crippen molar-refractivity contribution in [1.29, 1.82) is 0 Å². The number of fused-ring (bicyclic) bond motifs is 2. The highest BCUT2D eigenvalue weighted by atomic mass is 16.6. The van der Waals surface area contributed by atoms with E-state index in [1.165, 1.54) is 17.5 Å². The lowest BCUT2D eigenvalue weighted by atomic mass is 10.1. The number of piperazine rings is 1. The summed E-state index contributed by atoms with van der Waals surface area (Å²) in [5.41, 5.74) is 3.43. The molecule has 1 aliphatic carbocycles. The Labute approximate surface area is 170 Å². The molecule has 2 aliphatic heterocycles. The van der Waals surface area contributed by atoms with Crippen molar-refractivity contribution in [1.82, 2.24) is 9.80 Å². The summed E-state index contributed by atoms with van der Waals surface area (Å²) in [6.45, 7) is 2.30. The van der Waals surface area contributed by atoms with E-state index >= 15 is 0 Å². The third-order valence-corrected chi connectivity index (χ3v) is 6.01. The predicted molar refractivity (Wildman–Crippen MR) is 107 cm³/mol. The molecule has 2 amide bonds. The van der Waals surface area contributed by atoms with Crippen LogP contribution in [-0.2, 0) is 17.6 Å². The molecule has 2 aromatic rings. The molecule has 1 fully saturated rings. The van der Waals surface area contributed by atoms with Crippen LogP contribution in [0.5, 0.6) is 11.5 Å². The monoisotopic (exact) mass is 392 g/mol. The molecule has 5 rings (SSSR count). The number of aryl methyl sites for hydroxylation is 2. The van der Waals surface area contributed by atoms with Gasteiger partial charge in [-0.2, -0.15) is 0 Å². The molecule has 6 heteroatoms. The van der Waals surface area contributed by atoms with Crippen LogP contribution >= 0.6 is 0 Å². The zero-order chi connectivity index (χ0) is 19.8. The van der Waals surface area contributed by atoms with Crippen LogP contribution in [0.25, 0.3) is 0 Å². The minimum atomic E-state index is -0.635. The SMILES string of the molecule is O=C(c1ccc2c(c1)CCC2)N1CCN(C(=O)C2COc3ccccc3O2)CC1. The molecule has 0 aromatic heterocycles. The van der Waals surface area contributed by atoms with Crippen molar-refractivity contribution in [3.8, 4) is 11.5 Å². The number of nitrogens with zero attached hydrogens (tertiary/aromatic N) is 2. The van der Waals surface area contributed by atoms with E-state index in [1.807, 2.05) is 41.3 Å². The zero-order valence-electron chi connectivity index (χ0n) is 16.3. The van der Waals surface area contributed by atoms with Gasteiger partial charge in [0.1, 0.15) is 6.61 Å². The lowest BCUT2D eigenvalue weighted by Crippen LogP contribution is -2.55. The molecular formula is C23H24N2O4. The second-order valence-corrected chi connectivity index (χ2v) is 7.82. The lowest BCUT2D eigenvalue weighted by Gasteiger charge is -2.37. The fraction of sp³-hybridized carbons (Fsp3) is 0.391. The van der Waals surface area contributed by atoms with Crippen molar-refractivity contribution >= 4 is 11.8 Å². The summed E-state index contributed by atoms with van der Waals surface area (Å²) in [7, 11) is 0. The van der Waals surface area contributed by atoms with Crippen LogP contribution in [0.2, 0.25) is 0 Å². The molecule has 0 bridgehead atoms. The molecule has 29 heavy (non-hydrogen) atoms. The molecule has 3 aliphatic rings. The fourth-order valence-electron chi connectivity index (χ4n) is 4.36. The molecule has 0 N–H and O–H groups in total. The predicted octanol–water partition coefficient (Wildman–Crippen LogP) is 2.30. The van der Waals surface area contributed by atoms with Crippen LogP contribution in [0, 0.1) is 0 Å². The number of para-hydroxylation sites is 2. The van der Waals surface area contributed by atoms with Gasteiger partial charge in [0, 0.05) is 31.7 Å². The first kappa shape index (κ1) is 18.0. The molecule has 2 heterocycles. The van der Waals surface area contributed by atoms with Gasteiger partial charge < -0.3 is 19.3 Å². The van der Waals surface area contributed by atoms with Crippen molar-refractivity contribution < 1.29 is 19.1 Å². The fourth-order valence-corrected chi connectivity index (χ4v) is 4.36. The minimum Gasteiger partial charge on any atom is -0.485 e. The van der Waals surface area contributed by atoms with Gasteiger partial charge in [-0.15, -0.1) is 0 Å². The highest BCUT2D eigenvalue weighted by Crippen LogP contribution is 2.31. The van der Waals surface area contributed by atoms with E-state index in [0.29, 0.717) is 37.7 Å². The first-order chi connectivity index (χ1) is 14.2. The summed E-state index contributed by atoms with van der Waals surface area (Å²) < 4.78 is 11.5. The molecule has 0 spiro atoms. The summed E-state index contributed by atoms with van der Waals surface area (Å²) in [6.07, 6.45) is 2.71. The van der Waals surface area contributed by atoms with Crippen molar-refractivity contribution in [3.63, 3.8) is 0 Å². The van der Waals surface area contributed by atoms with Gasteiger partial charge in [-0.3, -0.25) is 9.59 Å². The number of hydrogen-bond acceptors (Lipinski definition) is 4. The summed E-state index contributed by atoms with van der Waals surface area (Å²) in [4.78, 5) is 29.4. The van der Waals surface area contributed by atoms with Gasteiger partial charge in [0.15, 0.2) is 11.5 Å². The van der Waals surface area contributed by atoms with Crippen molar-refractivity contribution in [2.75, 3.05) is 32.8 Å². The van der Waals surface area contributed by atoms with E-state index in [9.17, 15) is 9.59 Å². The summed E-state index contributed by atoms with van der Waals surface area (Å²) in [5.74, 6) is 1.24. The average molecular weight is 392 g/mol. The van der Waals surface area contributed by atoms with Gasteiger partial charge in [-0.25, -0.2) is 0 Å². The Morgan fingerprint density at radius 2 is 1.59 bits per heavy atom. The van der Waals surface area contributed by atoms with E-state index in [1.54, 1.807) is 4.90 Å². The third-order valence-electron chi connectivity index (χ3n) is 6.01. The summed E-state index contributed by atoms with van der Waals surface area (Å²) in [6, 6.07) is 13.5. The molecular weight excluding hydrogens is 368 g/mol. The maximum atomic E-state index is 12.9. The number of benzene rings is 2. The van der Waals surface area contributed by atoms with E-state index in [-0.39, 0.29) is 18.4 Å². The van der Waals surface area contributed by atoms with Gasteiger partial charge >= 0.3 is 0 Å². The quantitative estimate of drug-likeness (QED) is 0.787. The van der Waals surface area contributed by atoms with Crippen LogP contribution in [0.15, 0.2) is 42.5 Å². The molecule has 0 saturated carbocycles. The van der Waals surface area contributed by atoms with Crippen LogP contribution in [0.3, 0.4) is 0 Å². The number of hydrogen-bond donors (Lipinski definition) is 0. The second-order valence-electron chi connectivity index (χ2n) is 7.82. The Morgan fingerprint density at radius 3 is 2.41 bits per heavy atom. The summed E-state index contributed by atoms with van der Waals surface area (Å²) in [5, 5.41) is 0. The maximum Gasteiger partial charge on any atom is 0.267 e. The molecule has 0 radical (unpaired) electrons. The van der Waals surface area contributed by atoms with Gasteiger partial charge in [0.2, 0.25) is 6.10 Å².